The predicted molar refractivity (Wildman–Crippen MR) is 59.9 cm³/mol. The number of hydrogen-bond donors (Lipinski definition) is 1. The number of carboxylic acids is 1. The largest absolute Gasteiger partial charge is 0.481 e. The van der Waals surface area contributed by atoms with Gasteiger partial charge in [-0.3, -0.25) is 4.79 Å². The summed E-state index contributed by atoms with van der Waals surface area (Å²) < 4.78 is 29.7. The lowest BCUT2D eigenvalue weighted by atomic mass is 10.4. The molecule has 0 unspecified atom stereocenters. The second-order valence-electron chi connectivity index (χ2n) is 3.33. The van der Waals surface area contributed by atoms with Crippen LogP contribution in [0.1, 0.15) is 5.82 Å². The van der Waals surface area contributed by atoms with E-state index in [0.29, 0.717) is 17.4 Å². The number of aromatic nitrogens is 3. The van der Waals surface area contributed by atoms with Crippen LogP contribution in [-0.2, 0) is 23.0 Å². The third kappa shape index (κ3) is 5.41. The second-order valence-corrected chi connectivity index (χ2v) is 4.28. The molecule has 0 aliphatic rings. The van der Waals surface area contributed by atoms with Gasteiger partial charge < -0.3 is 9.84 Å². The van der Waals surface area contributed by atoms with Crippen LogP contribution in [0.3, 0.4) is 0 Å². The summed E-state index contributed by atoms with van der Waals surface area (Å²) in [6.45, 7) is -0.495. The summed E-state index contributed by atoms with van der Waals surface area (Å²) in [5.41, 5.74) is 0. The monoisotopic (exact) mass is 281 g/mol. The van der Waals surface area contributed by atoms with Gasteiger partial charge in [0.2, 0.25) is 0 Å². The Labute approximate surface area is 106 Å². The highest BCUT2D eigenvalue weighted by atomic mass is 32.2. The first kappa shape index (κ1) is 14.8. The number of halogens is 2. The van der Waals surface area contributed by atoms with E-state index in [2.05, 4.69) is 10.1 Å². The van der Waals surface area contributed by atoms with Crippen molar-refractivity contribution >= 4 is 17.7 Å². The van der Waals surface area contributed by atoms with Crippen LogP contribution in [-0.4, -0.2) is 51.2 Å². The van der Waals surface area contributed by atoms with Crippen LogP contribution >= 0.6 is 11.8 Å². The first-order chi connectivity index (χ1) is 8.49. The van der Waals surface area contributed by atoms with E-state index in [1.807, 2.05) is 0 Å². The van der Waals surface area contributed by atoms with E-state index < -0.39 is 19.0 Å². The third-order valence-electron chi connectivity index (χ3n) is 1.81. The van der Waals surface area contributed by atoms with Crippen LogP contribution in [0.2, 0.25) is 0 Å². The van der Waals surface area contributed by atoms with Crippen molar-refractivity contribution in [3.63, 3.8) is 0 Å². The highest BCUT2D eigenvalue weighted by Gasteiger charge is 2.10. The Morgan fingerprint density at radius 1 is 1.61 bits per heavy atom. The van der Waals surface area contributed by atoms with E-state index in [0.717, 1.165) is 11.8 Å². The van der Waals surface area contributed by atoms with Crippen LogP contribution in [0, 0.1) is 0 Å². The fourth-order valence-corrected chi connectivity index (χ4v) is 1.76. The van der Waals surface area contributed by atoms with E-state index in [9.17, 15) is 13.6 Å². The minimum atomic E-state index is -2.48. The average Bonchev–Trinajstić information content (AvgIpc) is 2.62. The fourth-order valence-electron chi connectivity index (χ4n) is 1.11. The first-order valence-electron chi connectivity index (χ1n) is 5.09. The molecule has 9 heteroatoms. The lowest BCUT2D eigenvalue weighted by Crippen LogP contribution is -2.07. The number of carboxylic acid groups (broad SMARTS) is 1. The second kappa shape index (κ2) is 7.27. The number of ether oxygens (including phenoxy) is 1. The summed E-state index contributed by atoms with van der Waals surface area (Å²) in [5.74, 6) is -0.599. The summed E-state index contributed by atoms with van der Waals surface area (Å²) >= 11 is 1.05. The Morgan fingerprint density at radius 2 is 2.33 bits per heavy atom. The molecule has 0 amide bonds. The third-order valence-corrected chi connectivity index (χ3v) is 2.81. The standard InChI is InChI=1S/C9H13F2N3O3S/c1-14-9(18-5-8(15)16)12-7(13-14)2-3-17-4-6(10)11/h6H,2-5H2,1H3,(H,15,16). The molecule has 1 aromatic heterocycles. The molecular formula is C9H13F2N3O3S. The zero-order valence-corrected chi connectivity index (χ0v) is 10.5. The van der Waals surface area contributed by atoms with Gasteiger partial charge in [-0.25, -0.2) is 18.4 Å². The Hall–Kier alpha value is -1.22. The Balaban J connectivity index is 2.38. The molecule has 1 N–H and O–H groups in total. The lowest BCUT2D eigenvalue weighted by Gasteiger charge is -2.00. The molecule has 0 aliphatic heterocycles. The van der Waals surface area contributed by atoms with Gasteiger partial charge in [-0.1, -0.05) is 11.8 Å². The molecule has 0 saturated carbocycles. The number of alkyl halides is 2. The van der Waals surface area contributed by atoms with Gasteiger partial charge in [-0.15, -0.1) is 0 Å². The number of aryl methyl sites for hydroxylation is 1. The number of rotatable bonds is 8. The Kier molecular flexibility index (Phi) is 5.99. The normalized spacial score (nSPS) is 11.1. The summed E-state index contributed by atoms with van der Waals surface area (Å²) in [4.78, 5) is 14.5. The van der Waals surface area contributed by atoms with Crippen molar-refractivity contribution < 1.29 is 23.4 Å². The summed E-state index contributed by atoms with van der Waals surface area (Å²) in [5, 5.41) is 13.0. The van der Waals surface area contributed by atoms with Crippen LogP contribution in [0.5, 0.6) is 0 Å². The minimum absolute atomic E-state index is 0.103. The van der Waals surface area contributed by atoms with Gasteiger partial charge in [0.15, 0.2) is 11.0 Å². The number of carbonyl (C=O) groups is 1. The van der Waals surface area contributed by atoms with Gasteiger partial charge >= 0.3 is 5.97 Å². The van der Waals surface area contributed by atoms with Crippen LogP contribution in [0.25, 0.3) is 0 Å². The van der Waals surface area contributed by atoms with E-state index in [4.69, 9.17) is 9.84 Å². The summed E-state index contributed by atoms with van der Waals surface area (Å²) in [7, 11) is 1.64. The van der Waals surface area contributed by atoms with Gasteiger partial charge in [-0.2, -0.15) is 5.10 Å². The molecule has 0 aromatic carbocycles. The molecule has 0 spiro atoms. The first-order valence-corrected chi connectivity index (χ1v) is 6.08. The average molecular weight is 281 g/mol. The van der Waals surface area contributed by atoms with Gasteiger partial charge in [0.05, 0.1) is 12.4 Å². The van der Waals surface area contributed by atoms with Crippen molar-refractivity contribution in [3.05, 3.63) is 5.82 Å². The molecule has 1 rings (SSSR count). The number of thioether (sulfide) groups is 1. The minimum Gasteiger partial charge on any atom is -0.481 e. The highest BCUT2D eigenvalue weighted by Crippen LogP contribution is 2.14. The molecule has 18 heavy (non-hydrogen) atoms. The van der Waals surface area contributed by atoms with E-state index >= 15 is 0 Å². The number of aliphatic carboxylic acids is 1. The van der Waals surface area contributed by atoms with Crippen molar-refractivity contribution in [2.75, 3.05) is 19.0 Å². The number of hydrogen-bond acceptors (Lipinski definition) is 5. The molecule has 6 nitrogen and oxygen atoms in total. The van der Waals surface area contributed by atoms with Crippen molar-refractivity contribution in [3.8, 4) is 0 Å². The maximum Gasteiger partial charge on any atom is 0.313 e. The Morgan fingerprint density at radius 3 is 2.94 bits per heavy atom. The topological polar surface area (TPSA) is 77.2 Å². The maximum atomic E-state index is 11.8. The SMILES string of the molecule is Cn1nc(CCOCC(F)F)nc1SCC(=O)O. The molecule has 0 fully saturated rings. The highest BCUT2D eigenvalue weighted by molar-refractivity contribution is 7.99. The lowest BCUT2D eigenvalue weighted by molar-refractivity contribution is -0.133. The summed E-state index contributed by atoms with van der Waals surface area (Å²) in [6.07, 6.45) is -2.17. The predicted octanol–water partition coefficient (Wildman–Crippen LogP) is 0.816. The quantitative estimate of drug-likeness (QED) is 0.561. The molecule has 0 saturated heterocycles. The van der Waals surface area contributed by atoms with Crippen LogP contribution < -0.4 is 0 Å². The van der Waals surface area contributed by atoms with Gasteiger partial charge in [-0.05, 0) is 0 Å². The molecule has 0 aliphatic carbocycles. The van der Waals surface area contributed by atoms with Gasteiger partial charge in [0.1, 0.15) is 6.61 Å². The molecule has 0 bridgehead atoms. The molecule has 1 aromatic rings. The molecule has 0 radical (unpaired) electrons. The van der Waals surface area contributed by atoms with E-state index in [-0.39, 0.29) is 12.4 Å². The smallest absolute Gasteiger partial charge is 0.313 e. The fraction of sp³-hybridized carbons (Fsp3) is 0.667. The van der Waals surface area contributed by atoms with E-state index in [1.54, 1.807) is 7.05 Å². The number of nitrogens with zero attached hydrogens (tertiary/aromatic N) is 3. The molecular weight excluding hydrogens is 268 g/mol. The molecule has 0 atom stereocenters. The molecule has 102 valence electrons. The van der Waals surface area contributed by atoms with Crippen LogP contribution in [0.15, 0.2) is 5.16 Å². The Bertz CT molecular complexity index is 400. The zero-order valence-electron chi connectivity index (χ0n) is 9.68. The molecule has 1 heterocycles. The zero-order chi connectivity index (χ0) is 13.5. The van der Waals surface area contributed by atoms with Crippen LogP contribution in [0.4, 0.5) is 8.78 Å². The van der Waals surface area contributed by atoms with E-state index in [1.165, 1.54) is 4.68 Å². The summed E-state index contributed by atoms with van der Waals surface area (Å²) in [6, 6.07) is 0. The van der Waals surface area contributed by atoms with Gasteiger partial charge in [0.25, 0.3) is 6.43 Å². The maximum absolute atomic E-state index is 11.8. The van der Waals surface area contributed by atoms with Crippen molar-refractivity contribution in [2.45, 2.75) is 18.0 Å². The van der Waals surface area contributed by atoms with Crippen molar-refractivity contribution in [1.29, 1.82) is 0 Å². The van der Waals surface area contributed by atoms with Crippen molar-refractivity contribution in [1.82, 2.24) is 14.8 Å². The van der Waals surface area contributed by atoms with Gasteiger partial charge in [0, 0.05) is 13.5 Å². The van der Waals surface area contributed by atoms with Crippen molar-refractivity contribution in [2.24, 2.45) is 7.05 Å².